The third-order valence-electron chi connectivity index (χ3n) is 4.48. The summed E-state index contributed by atoms with van der Waals surface area (Å²) in [6.45, 7) is 13.0. The molecule has 1 amide bonds. The van der Waals surface area contributed by atoms with E-state index >= 15 is 0 Å². The van der Waals surface area contributed by atoms with E-state index in [-0.39, 0.29) is 5.91 Å². The van der Waals surface area contributed by atoms with Gasteiger partial charge in [0.2, 0.25) is 5.91 Å². The van der Waals surface area contributed by atoms with E-state index in [4.69, 9.17) is 0 Å². The van der Waals surface area contributed by atoms with Gasteiger partial charge in [-0.15, -0.1) is 0 Å². The van der Waals surface area contributed by atoms with E-state index in [1.165, 1.54) is 11.1 Å². The van der Waals surface area contributed by atoms with Gasteiger partial charge in [0.05, 0.1) is 6.54 Å². The van der Waals surface area contributed by atoms with Crippen molar-refractivity contribution in [3.05, 3.63) is 35.4 Å². The second-order valence-corrected chi connectivity index (χ2v) is 7.32. The lowest BCUT2D eigenvalue weighted by atomic mass is 10.0. The van der Waals surface area contributed by atoms with Crippen molar-refractivity contribution < 1.29 is 4.79 Å². The van der Waals surface area contributed by atoms with Crippen LogP contribution < -0.4 is 5.32 Å². The first kappa shape index (κ1) is 18.9. The Morgan fingerprint density at radius 2 is 1.62 bits per heavy atom. The fourth-order valence-electron chi connectivity index (χ4n) is 3.14. The number of carbonyl (C=O) groups is 1. The van der Waals surface area contributed by atoms with Crippen molar-refractivity contribution in [1.29, 1.82) is 0 Å². The van der Waals surface area contributed by atoms with Crippen LogP contribution in [0.25, 0.3) is 0 Å². The molecule has 1 fully saturated rings. The maximum Gasteiger partial charge on any atom is 0.234 e. The van der Waals surface area contributed by atoms with Crippen LogP contribution in [0, 0.1) is 5.92 Å². The highest BCUT2D eigenvalue weighted by atomic mass is 16.2. The van der Waals surface area contributed by atoms with Gasteiger partial charge in [-0.05, 0) is 29.9 Å². The molecule has 0 aliphatic carbocycles. The van der Waals surface area contributed by atoms with E-state index in [1.807, 2.05) is 0 Å². The molecule has 134 valence electrons. The van der Waals surface area contributed by atoms with Crippen molar-refractivity contribution in [2.75, 3.05) is 39.3 Å². The zero-order valence-electron chi connectivity index (χ0n) is 15.6. The molecule has 2 rings (SSSR count). The Hall–Kier alpha value is -1.39. The van der Waals surface area contributed by atoms with E-state index in [9.17, 15) is 4.79 Å². The van der Waals surface area contributed by atoms with Gasteiger partial charge in [0.25, 0.3) is 0 Å². The first-order valence-electron chi connectivity index (χ1n) is 9.36. The van der Waals surface area contributed by atoms with E-state index < -0.39 is 0 Å². The van der Waals surface area contributed by atoms with Gasteiger partial charge in [-0.3, -0.25) is 14.6 Å². The number of carbonyl (C=O) groups excluding carboxylic acids is 1. The minimum absolute atomic E-state index is 0.158. The molecule has 24 heavy (non-hydrogen) atoms. The molecule has 0 atom stereocenters. The molecular weight excluding hydrogens is 298 g/mol. The maximum atomic E-state index is 11.8. The predicted molar refractivity (Wildman–Crippen MR) is 100 cm³/mol. The van der Waals surface area contributed by atoms with Gasteiger partial charge in [0.15, 0.2) is 0 Å². The fraction of sp³-hybridized carbons (Fsp3) is 0.650. The average molecular weight is 332 g/mol. The van der Waals surface area contributed by atoms with E-state index in [0.717, 1.165) is 52.1 Å². The zero-order chi connectivity index (χ0) is 17.4. The Balaban J connectivity index is 1.71. The third-order valence-corrected chi connectivity index (χ3v) is 4.48. The Kier molecular flexibility index (Phi) is 7.73. The van der Waals surface area contributed by atoms with Crippen LogP contribution in [-0.2, 0) is 17.8 Å². The third kappa shape index (κ3) is 6.62. The molecule has 0 unspecified atom stereocenters. The number of rotatable bonds is 8. The first-order valence-corrected chi connectivity index (χ1v) is 9.36. The second-order valence-electron chi connectivity index (χ2n) is 7.32. The summed E-state index contributed by atoms with van der Waals surface area (Å²) in [6.07, 6.45) is 2.15. The fourth-order valence-corrected chi connectivity index (χ4v) is 3.14. The molecule has 0 bridgehead atoms. The van der Waals surface area contributed by atoms with Crippen LogP contribution in [0.4, 0.5) is 0 Å². The summed E-state index contributed by atoms with van der Waals surface area (Å²) in [5.74, 6) is 0.865. The van der Waals surface area contributed by atoms with Gasteiger partial charge >= 0.3 is 0 Å². The standard InChI is InChI=1S/C20H33N3O/c1-4-9-21-20(24)16-23-12-10-22(11-13-23)15-19-7-5-18(6-8-19)14-17(2)3/h5-8,17H,4,9-16H2,1-3H3,(H,21,24). The molecule has 1 aliphatic heterocycles. The lowest BCUT2D eigenvalue weighted by Gasteiger charge is -2.34. The number of benzene rings is 1. The number of nitrogens with one attached hydrogen (secondary N) is 1. The highest BCUT2D eigenvalue weighted by Gasteiger charge is 2.18. The summed E-state index contributed by atoms with van der Waals surface area (Å²) < 4.78 is 0. The summed E-state index contributed by atoms with van der Waals surface area (Å²) >= 11 is 0. The molecule has 1 aromatic carbocycles. The lowest BCUT2D eigenvalue weighted by Crippen LogP contribution is -2.49. The van der Waals surface area contributed by atoms with Gasteiger partial charge in [0.1, 0.15) is 0 Å². The topological polar surface area (TPSA) is 35.6 Å². The maximum absolute atomic E-state index is 11.8. The van der Waals surface area contributed by atoms with Crippen LogP contribution in [0.2, 0.25) is 0 Å². The van der Waals surface area contributed by atoms with Gasteiger partial charge in [-0.2, -0.15) is 0 Å². The molecular formula is C20H33N3O. The summed E-state index contributed by atoms with van der Waals surface area (Å²) in [5, 5.41) is 2.96. The van der Waals surface area contributed by atoms with Crippen LogP contribution in [0.15, 0.2) is 24.3 Å². The molecule has 1 saturated heterocycles. The second kappa shape index (κ2) is 9.80. The van der Waals surface area contributed by atoms with Crippen molar-refractivity contribution in [1.82, 2.24) is 15.1 Å². The number of hydrogen-bond acceptors (Lipinski definition) is 3. The Labute approximate surface area is 147 Å². The van der Waals surface area contributed by atoms with Gasteiger partial charge in [0, 0.05) is 39.3 Å². The van der Waals surface area contributed by atoms with Crippen LogP contribution in [0.1, 0.15) is 38.3 Å². The minimum Gasteiger partial charge on any atom is -0.355 e. The predicted octanol–water partition coefficient (Wildman–Crippen LogP) is 2.53. The van der Waals surface area contributed by atoms with Gasteiger partial charge in [-0.25, -0.2) is 0 Å². The Morgan fingerprint density at radius 1 is 1.04 bits per heavy atom. The number of amides is 1. The SMILES string of the molecule is CCCNC(=O)CN1CCN(Cc2ccc(CC(C)C)cc2)CC1. The summed E-state index contributed by atoms with van der Waals surface area (Å²) in [7, 11) is 0. The Bertz CT molecular complexity index is 490. The normalized spacial score (nSPS) is 16.5. The largest absolute Gasteiger partial charge is 0.355 e. The van der Waals surface area contributed by atoms with Crippen molar-refractivity contribution in [3.63, 3.8) is 0 Å². The van der Waals surface area contributed by atoms with Gasteiger partial charge < -0.3 is 5.32 Å². The molecule has 1 aromatic rings. The number of hydrogen-bond donors (Lipinski definition) is 1. The summed E-state index contributed by atoms with van der Waals surface area (Å²) in [5.41, 5.74) is 2.81. The zero-order valence-corrected chi connectivity index (χ0v) is 15.6. The van der Waals surface area contributed by atoms with Crippen molar-refractivity contribution >= 4 is 5.91 Å². The highest BCUT2D eigenvalue weighted by molar-refractivity contribution is 5.77. The van der Waals surface area contributed by atoms with Gasteiger partial charge in [-0.1, -0.05) is 45.0 Å². The van der Waals surface area contributed by atoms with Crippen LogP contribution in [0.3, 0.4) is 0 Å². The summed E-state index contributed by atoms with van der Waals surface area (Å²) in [4.78, 5) is 16.5. The monoisotopic (exact) mass is 331 g/mol. The van der Waals surface area contributed by atoms with E-state index in [0.29, 0.717) is 12.5 Å². The quantitative estimate of drug-likeness (QED) is 0.795. The molecule has 0 aromatic heterocycles. The van der Waals surface area contributed by atoms with Crippen LogP contribution >= 0.6 is 0 Å². The molecule has 4 nitrogen and oxygen atoms in total. The molecule has 1 aliphatic rings. The Morgan fingerprint density at radius 3 is 2.21 bits per heavy atom. The van der Waals surface area contributed by atoms with Crippen molar-refractivity contribution in [2.45, 2.75) is 40.2 Å². The van der Waals surface area contributed by atoms with Crippen LogP contribution in [-0.4, -0.2) is 55.0 Å². The average Bonchev–Trinajstić information content (AvgIpc) is 2.56. The molecule has 1 heterocycles. The van der Waals surface area contributed by atoms with E-state index in [1.54, 1.807) is 0 Å². The molecule has 0 radical (unpaired) electrons. The minimum atomic E-state index is 0.158. The van der Waals surface area contributed by atoms with Crippen LogP contribution in [0.5, 0.6) is 0 Å². The summed E-state index contributed by atoms with van der Waals surface area (Å²) in [6, 6.07) is 9.07. The van der Waals surface area contributed by atoms with Crippen molar-refractivity contribution in [3.8, 4) is 0 Å². The van der Waals surface area contributed by atoms with E-state index in [2.05, 4.69) is 60.2 Å². The molecule has 0 spiro atoms. The number of nitrogens with zero attached hydrogens (tertiary/aromatic N) is 2. The number of piperazine rings is 1. The molecule has 1 N–H and O–H groups in total. The first-order chi connectivity index (χ1) is 11.6. The smallest absolute Gasteiger partial charge is 0.234 e. The van der Waals surface area contributed by atoms with Crippen molar-refractivity contribution in [2.24, 2.45) is 5.92 Å². The molecule has 4 heteroatoms. The highest BCUT2D eigenvalue weighted by Crippen LogP contribution is 2.12. The lowest BCUT2D eigenvalue weighted by molar-refractivity contribution is -0.122. The molecule has 0 saturated carbocycles.